The molecule has 2 nitrogen and oxygen atoms in total. The van der Waals surface area contributed by atoms with Crippen molar-refractivity contribution in [2.45, 2.75) is 0 Å². The minimum atomic E-state index is 1.17. The van der Waals surface area contributed by atoms with E-state index in [0.29, 0.717) is 0 Å². The third kappa shape index (κ3) is 3.24. The van der Waals surface area contributed by atoms with Crippen molar-refractivity contribution >= 4 is 64.2 Å². The maximum atomic E-state index is 2.51. The van der Waals surface area contributed by atoms with Gasteiger partial charge in [0.2, 0.25) is 0 Å². The van der Waals surface area contributed by atoms with E-state index in [9.17, 15) is 0 Å². The van der Waals surface area contributed by atoms with Crippen molar-refractivity contribution in [1.82, 2.24) is 9.13 Å². The number of aromatic nitrogens is 2. The van der Waals surface area contributed by atoms with Crippen LogP contribution in [0.15, 0.2) is 146 Å². The average molecular weight is 541 g/mol. The second kappa shape index (κ2) is 8.69. The summed E-state index contributed by atoms with van der Waals surface area (Å²) in [6.07, 6.45) is 2.20. The standard InChI is InChI=1S/C38H24N2S/c1-3-11-25(12-4-1)28-16-9-17-31-32-18-10-20-34(38(32)41-37(28)31)40-33-19-8-7-15-29(33)30-22-21-26-23-24-39(35(26)36(30)40)27-13-5-2-6-14-27/h1-24H. The van der Waals surface area contributed by atoms with Crippen molar-refractivity contribution in [3.63, 3.8) is 0 Å². The van der Waals surface area contributed by atoms with E-state index in [1.165, 1.54) is 75.4 Å². The predicted octanol–water partition coefficient (Wildman–Crippen LogP) is 10.8. The molecule has 0 unspecified atom stereocenters. The normalized spacial score (nSPS) is 11.9. The molecular formula is C38H24N2S. The minimum Gasteiger partial charge on any atom is -0.315 e. The van der Waals surface area contributed by atoms with Gasteiger partial charge in [-0.1, -0.05) is 109 Å². The number of thiophene rings is 1. The van der Waals surface area contributed by atoms with Crippen LogP contribution in [0.4, 0.5) is 0 Å². The Labute approximate surface area is 240 Å². The Bertz CT molecular complexity index is 2410. The SMILES string of the molecule is c1ccc(-c2cccc3c2sc2c(-n4c5ccccc5c5ccc6ccn(-c7ccccc7)c6c54)cccc23)cc1. The molecule has 0 aliphatic carbocycles. The third-order valence-corrected chi connectivity index (χ3v) is 9.63. The molecule has 6 aromatic carbocycles. The summed E-state index contributed by atoms with van der Waals surface area (Å²) in [5.41, 5.74) is 8.63. The van der Waals surface area contributed by atoms with E-state index in [-0.39, 0.29) is 0 Å². The molecule has 3 heterocycles. The van der Waals surface area contributed by atoms with Crippen molar-refractivity contribution in [2.75, 3.05) is 0 Å². The molecule has 0 N–H and O–H groups in total. The Hall–Kier alpha value is -5.12. The monoisotopic (exact) mass is 540 g/mol. The highest BCUT2D eigenvalue weighted by molar-refractivity contribution is 7.26. The quantitative estimate of drug-likeness (QED) is 0.211. The first-order valence-corrected chi connectivity index (χ1v) is 14.8. The van der Waals surface area contributed by atoms with E-state index in [4.69, 9.17) is 0 Å². The molecular weight excluding hydrogens is 516 g/mol. The van der Waals surface area contributed by atoms with Gasteiger partial charge in [-0.25, -0.2) is 0 Å². The van der Waals surface area contributed by atoms with Crippen LogP contribution in [0.2, 0.25) is 0 Å². The second-order valence-electron chi connectivity index (χ2n) is 10.6. The Balaban J connectivity index is 1.44. The van der Waals surface area contributed by atoms with Crippen molar-refractivity contribution in [3.05, 3.63) is 146 Å². The van der Waals surface area contributed by atoms with Gasteiger partial charge in [-0.15, -0.1) is 11.3 Å². The van der Waals surface area contributed by atoms with Gasteiger partial charge in [0, 0.05) is 43.5 Å². The molecule has 192 valence electrons. The molecule has 9 aromatic rings. The zero-order valence-electron chi connectivity index (χ0n) is 22.2. The van der Waals surface area contributed by atoms with Crippen LogP contribution in [0, 0.1) is 0 Å². The summed E-state index contributed by atoms with van der Waals surface area (Å²) >= 11 is 1.91. The molecule has 3 aromatic heterocycles. The number of para-hydroxylation sites is 2. The van der Waals surface area contributed by atoms with Gasteiger partial charge in [-0.05, 0) is 41.5 Å². The van der Waals surface area contributed by atoms with Gasteiger partial charge in [0.15, 0.2) is 0 Å². The second-order valence-corrected chi connectivity index (χ2v) is 11.6. The van der Waals surface area contributed by atoms with Crippen LogP contribution in [0.5, 0.6) is 0 Å². The minimum absolute atomic E-state index is 1.17. The summed E-state index contributed by atoms with van der Waals surface area (Å²) in [6.45, 7) is 0. The Kier molecular flexibility index (Phi) is 4.80. The lowest BCUT2D eigenvalue weighted by molar-refractivity contribution is 1.12. The van der Waals surface area contributed by atoms with Crippen molar-refractivity contribution in [1.29, 1.82) is 0 Å². The molecule has 3 heteroatoms. The van der Waals surface area contributed by atoms with Crippen molar-refractivity contribution in [2.24, 2.45) is 0 Å². The topological polar surface area (TPSA) is 9.86 Å². The first kappa shape index (κ1) is 22.7. The van der Waals surface area contributed by atoms with Crippen molar-refractivity contribution < 1.29 is 0 Å². The Morgan fingerprint density at radius 1 is 0.463 bits per heavy atom. The molecule has 0 bridgehead atoms. The van der Waals surface area contributed by atoms with Crippen LogP contribution < -0.4 is 0 Å². The van der Waals surface area contributed by atoms with Crippen LogP contribution in [0.3, 0.4) is 0 Å². The van der Waals surface area contributed by atoms with Gasteiger partial charge in [0.25, 0.3) is 0 Å². The molecule has 0 aliphatic heterocycles. The molecule has 0 amide bonds. The van der Waals surface area contributed by atoms with E-state index in [0.717, 1.165) is 0 Å². The number of fused-ring (bicyclic) bond motifs is 8. The lowest BCUT2D eigenvalue weighted by Crippen LogP contribution is -1.98. The Morgan fingerprint density at radius 2 is 1.17 bits per heavy atom. The van der Waals surface area contributed by atoms with Crippen LogP contribution in [0.1, 0.15) is 0 Å². The van der Waals surface area contributed by atoms with Crippen LogP contribution >= 0.6 is 11.3 Å². The zero-order valence-corrected chi connectivity index (χ0v) is 23.0. The van der Waals surface area contributed by atoms with Crippen LogP contribution in [0.25, 0.3) is 75.4 Å². The average Bonchev–Trinajstić information content (AvgIpc) is 3.73. The summed E-state index contributed by atoms with van der Waals surface area (Å²) in [4.78, 5) is 0. The van der Waals surface area contributed by atoms with Gasteiger partial charge in [0.1, 0.15) is 0 Å². The fraction of sp³-hybridized carbons (Fsp3) is 0. The number of hydrogen-bond acceptors (Lipinski definition) is 1. The molecule has 0 fully saturated rings. The predicted molar refractivity (Wildman–Crippen MR) is 176 cm³/mol. The summed E-state index contributed by atoms with van der Waals surface area (Å²) < 4.78 is 7.49. The van der Waals surface area contributed by atoms with Crippen LogP contribution in [-0.2, 0) is 0 Å². The number of nitrogens with zero attached hydrogens (tertiary/aromatic N) is 2. The zero-order chi connectivity index (χ0) is 26.9. The van der Waals surface area contributed by atoms with Gasteiger partial charge >= 0.3 is 0 Å². The fourth-order valence-corrected chi connectivity index (χ4v) is 7.89. The number of rotatable bonds is 3. The first-order valence-electron chi connectivity index (χ1n) is 14.0. The summed E-state index contributed by atoms with van der Waals surface area (Å²) in [5.74, 6) is 0. The first-order chi connectivity index (χ1) is 20.4. The molecule has 41 heavy (non-hydrogen) atoms. The summed E-state index contributed by atoms with van der Waals surface area (Å²) in [7, 11) is 0. The summed E-state index contributed by atoms with van der Waals surface area (Å²) in [6, 6.07) is 50.5. The Morgan fingerprint density at radius 3 is 2.02 bits per heavy atom. The highest BCUT2D eigenvalue weighted by Gasteiger charge is 2.20. The molecule has 0 saturated heterocycles. The molecule has 0 atom stereocenters. The number of benzene rings is 6. The smallest absolute Gasteiger partial charge is 0.0788 e. The van der Waals surface area contributed by atoms with Crippen LogP contribution in [-0.4, -0.2) is 9.13 Å². The molecule has 0 spiro atoms. The molecule has 0 aliphatic rings. The fourth-order valence-electron chi connectivity index (χ4n) is 6.55. The van der Waals surface area contributed by atoms with Gasteiger partial charge in [-0.2, -0.15) is 0 Å². The van der Waals surface area contributed by atoms with E-state index >= 15 is 0 Å². The van der Waals surface area contributed by atoms with Gasteiger partial charge in [0.05, 0.1) is 26.9 Å². The van der Waals surface area contributed by atoms with E-state index in [1.54, 1.807) is 0 Å². The summed E-state index contributed by atoms with van der Waals surface area (Å²) in [5, 5.41) is 6.39. The molecule has 0 saturated carbocycles. The van der Waals surface area contributed by atoms with E-state index in [2.05, 4.69) is 155 Å². The molecule has 0 radical (unpaired) electrons. The molecule has 9 rings (SSSR count). The highest BCUT2D eigenvalue weighted by atomic mass is 32.1. The lowest BCUT2D eigenvalue weighted by Gasteiger charge is -2.12. The third-order valence-electron chi connectivity index (χ3n) is 8.35. The van der Waals surface area contributed by atoms with Crippen molar-refractivity contribution in [3.8, 4) is 22.5 Å². The number of hydrogen-bond donors (Lipinski definition) is 0. The highest BCUT2D eigenvalue weighted by Crippen LogP contribution is 2.45. The van der Waals surface area contributed by atoms with Gasteiger partial charge in [-0.3, -0.25) is 0 Å². The maximum Gasteiger partial charge on any atom is 0.0788 e. The van der Waals surface area contributed by atoms with E-state index < -0.39 is 0 Å². The van der Waals surface area contributed by atoms with E-state index in [1.807, 2.05) is 11.3 Å². The largest absolute Gasteiger partial charge is 0.315 e. The maximum absolute atomic E-state index is 2.51. The van der Waals surface area contributed by atoms with Gasteiger partial charge < -0.3 is 9.13 Å². The lowest BCUT2D eigenvalue weighted by atomic mass is 10.0.